The maximum absolute atomic E-state index is 5.60. The third kappa shape index (κ3) is 1.74. The Bertz CT molecular complexity index is 351. The molecule has 1 heterocycles. The predicted octanol–water partition coefficient (Wildman–Crippen LogP) is 2.34. The molecule has 0 amide bonds. The molecule has 0 saturated carbocycles. The fourth-order valence-electron chi connectivity index (χ4n) is 1.89. The van der Waals surface area contributed by atoms with Gasteiger partial charge in [0, 0.05) is 19.6 Å². The number of nitrogens with one attached hydrogen (secondary N) is 1. The number of para-hydroxylation sites is 1. The zero-order chi connectivity index (χ0) is 10.8. The van der Waals surface area contributed by atoms with E-state index in [1.165, 1.54) is 5.69 Å². The number of nitrogens with zero attached hydrogens (tertiary/aromatic N) is 1. The summed E-state index contributed by atoms with van der Waals surface area (Å²) >= 11 is 0. The van der Waals surface area contributed by atoms with Gasteiger partial charge in [-0.1, -0.05) is 6.07 Å². The van der Waals surface area contributed by atoms with Crippen LogP contribution in [0.15, 0.2) is 18.2 Å². The summed E-state index contributed by atoms with van der Waals surface area (Å²) in [5.41, 5.74) is 2.35. The minimum Gasteiger partial charge on any atom is -0.492 e. The summed E-state index contributed by atoms with van der Waals surface area (Å²) in [5, 5.41) is 3.43. The molecule has 1 N–H and O–H groups in total. The van der Waals surface area contributed by atoms with Crippen LogP contribution in [0.3, 0.4) is 0 Å². The first-order valence-electron chi connectivity index (χ1n) is 5.46. The Balaban J connectivity index is 2.39. The van der Waals surface area contributed by atoms with E-state index >= 15 is 0 Å². The number of hydrogen-bond donors (Lipinski definition) is 1. The van der Waals surface area contributed by atoms with Crippen LogP contribution in [0.1, 0.15) is 13.8 Å². The van der Waals surface area contributed by atoms with Crippen LogP contribution in [-0.4, -0.2) is 26.2 Å². The summed E-state index contributed by atoms with van der Waals surface area (Å²) in [4.78, 5) is 2.29. The van der Waals surface area contributed by atoms with Crippen molar-refractivity contribution in [3.8, 4) is 5.75 Å². The van der Waals surface area contributed by atoms with Gasteiger partial charge in [0.05, 0.1) is 12.3 Å². The van der Waals surface area contributed by atoms with Crippen molar-refractivity contribution in [3.63, 3.8) is 0 Å². The summed E-state index contributed by atoms with van der Waals surface area (Å²) < 4.78 is 5.60. The molecule has 0 fully saturated rings. The normalized spacial score (nSPS) is 19.4. The first-order chi connectivity index (χ1) is 7.24. The number of likely N-dealkylation sites (N-methyl/N-ethyl adjacent to an activating group) is 1. The lowest BCUT2D eigenvalue weighted by molar-refractivity contribution is 0.341. The number of anilines is 2. The summed E-state index contributed by atoms with van der Waals surface area (Å²) in [5.74, 6) is 0.953. The van der Waals surface area contributed by atoms with Gasteiger partial charge in [0.2, 0.25) is 0 Å². The van der Waals surface area contributed by atoms with Gasteiger partial charge in [-0.2, -0.15) is 0 Å². The standard InChI is InChI=1S/C12H18N2O/c1-4-15-11-7-5-6-10-12(11)13-8-9(2)14(10)3/h5-7,9,13H,4,8H2,1-3H3. The van der Waals surface area contributed by atoms with Crippen LogP contribution in [0, 0.1) is 0 Å². The van der Waals surface area contributed by atoms with Crippen molar-refractivity contribution in [1.82, 2.24) is 0 Å². The van der Waals surface area contributed by atoms with Gasteiger partial charge in [0.15, 0.2) is 0 Å². The van der Waals surface area contributed by atoms with E-state index < -0.39 is 0 Å². The lowest BCUT2D eigenvalue weighted by atomic mass is 10.1. The molecule has 0 bridgehead atoms. The summed E-state index contributed by atoms with van der Waals surface area (Å²) in [7, 11) is 2.13. The van der Waals surface area contributed by atoms with Crippen LogP contribution in [0.25, 0.3) is 0 Å². The predicted molar refractivity (Wildman–Crippen MR) is 64.0 cm³/mol. The third-order valence-electron chi connectivity index (χ3n) is 2.92. The Morgan fingerprint density at radius 3 is 3.07 bits per heavy atom. The highest BCUT2D eigenvalue weighted by molar-refractivity contribution is 5.78. The SMILES string of the molecule is CCOc1cccc2c1NCC(C)N2C. The summed E-state index contributed by atoms with van der Waals surface area (Å²) in [6, 6.07) is 6.70. The van der Waals surface area contributed by atoms with Crippen LogP contribution in [0.2, 0.25) is 0 Å². The van der Waals surface area contributed by atoms with Gasteiger partial charge in [-0.25, -0.2) is 0 Å². The molecule has 3 heteroatoms. The number of benzene rings is 1. The first-order valence-corrected chi connectivity index (χ1v) is 5.46. The second kappa shape index (κ2) is 4.01. The molecule has 1 aromatic carbocycles. The van der Waals surface area contributed by atoms with Gasteiger partial charge in [0.1, 0.15) is 11.4 Å². The van der Waals surface area contributed by atoms with E-state index in [1.807, 2.05) is 19.1 Å². The van der Waals surface area contributed by atoms with Crippen LogP contribution in [0.4, 0.5) is 11.4 Å². The average Bonchev–Trinajstić information content (AvgIpc) is 2.25. The Labute approximate surface area is 91.0 Å². The number of hydrogen-bond acceptors (Lipinski definition) is 3. The molecule has 3 nitrogen and oxygen atoms in total. The smallest absolute Gasteiger partial charge is 0.144 e. The van der Waals surface area contributed by atoms with Crippen molar-refractivity contribution < 1.29 is 4.74 Å². The van der Waals surface area contributed by atoms with Crippen LogP contribution < -0.4 is 15.0 Å². The summed E-state index contributed by atoms with van der Waals surface area (Å²) in [6.07, 6.45) is 0. The topological polar surface area (TPSA) is 24.5 Å². The van der Waals surface area contributed by atoms with Crippen LogP contribution >= 0.6 is 0 Å². The Morgan fingerprint density at radius 1 is 1.53 bits per heavy atom. The highest BCUT2D eigenvalue weighted by Crippen LogP contribution is 2.37. The second-order valence-electron chi connectivity index (χ2n) is 3.92. The largest absolute Gasteiger partial charge is 0.492 e. The molecular formula is C12H18N2O. The zero-order valence-electron chi connectivity index (χ0n) is 9.58. The Morgan fingerprint density at radius 2 is 2.33 bits per heavy atom. The number of ether oxygens (including phenoxy) is 1. The maximum Gasteiger partial charge on any atom is 0.144 e. The average molecular weight is 206 g/mol. The third-order valence-corrected chi connectivity index (χ3v) is 2.92. The van der Waals surface area contributed by atoms with E-state index in [2.05, 4.69) is 30.3 Å². The maximum atomic E-state index is 5.60. The lowest BCUT2D eigenvalue weighted by Gasteiger charge is -2.35. The molecule has 82 valence electrons. The van der Waals surface area contributed by atoms with E-state index in [9.17, 15) is 0 Å². The van der Waals surface area contributed by atoms with E-state index in [0.29, 0.717) is 12.6 Å². The molecule has 0 aromatic heterocycles. The molecule has 0 aliphatic carbocycles. The van der Waals surface area contributed by atoms with Gasteiger partial charge in [0.25, 0.3) is 0 Å². The van der Waals surface area contributed by atoms with E-state index in [-0.39, 0.29) is 0 Å². The number of fused-ring (bicyclic) bond motifs is 1. The molecule has 0 saturated heterocycles. The quantitative estimate of drug-likeness (QED) is 0.803. The molecule has 1 aliphatic heterocycles. The van der Waals surface area contributed by atoms with Gasteiger partial charge in [-0.3, -0.25) is 0 Å². The van der Waals surface area contributed by atoms with Crippen molar-refractivity contribution >= 4 is 11.4 Å². The fourth-order valence-corrected chi connectivity index (χ4v) is 1.89. The summed E-state index contributed by atoms with van der Waals surface area (Å²) in [6.45, 7) is 5.89. The monoisotopic (exact) mass is 206 g/mol. The molecule has 1 aromatic rings. The molecule has 0 spiro atoms. The zero-order valence-corrected chi connectivity index (χ0v) is 9.58. The van der Waals surface area contributed by atoms with Crippen molar-refractivity contribution in [2.24, 2.45) is 0 Å². The van der Waals surface area contributed by atoms with Crippen molar-refractivity contribution in [2.75, 3.05) is 30.4 Å². The first kappa shape index (κ1) is 10.1. The lowest BCUT2D eigenvalue weighted by Crippen LogP contribution is -2.39. The molecule has 1 atom stereocenters. The van der Waals surface area contributed by atoms with Gasteiger partial charge >= 0.3 is 0 Å². The van der Waals surface area contributed by atoms with Crippen LogP contribution in [0.5, 0.6) is 5.75 Å². The van der Waals surface area contributed by atoms with Gasteiger partial charge in [-0.15, -0.1) is 0 Å². The van der Waals surface area contributed by atoms with E-state index in [1.54, 1.807) is 0 Å². The van der Waals surface area contributed by atoms with Crippen LogP contribution in [-0.2, 0) is 0 Å². The molecule has 15 heavy (non-hydrogen) atoms. The van der Waals surface area contributed by atoms with E-state index in [4.69, 9.17) is 4.74 Å². The Kier molecular flexibility index (Phi) is 2.71. The van der Waals surface area contributed by atoms with Gasteiger partial charge < -0.3 is 15.0 Å². The van der Waals surface area contributed by atoms with Crippen molar-refractivity contribution in [2.45, 2.75) is 19.9 Å². The highest BCUT2D eigenvalue weighted by Gasteiger charge is 2.21. The highest BCUT2D eigenvalue weighted by atomic mass is 16.5. The molecule has 2 rings (SSSR count). The Hall–Kier alpha value is -1.38. The second-order valence-corrected chi connectivity index (χ2v) is 3.92. The van der Waals surface area contributed by atoms with E-state index in [0.717, 1.165) is 18.0 Å². The van der Waals surface area contributed by atoms with Gasteiger partial charge in [-0.05, 0) is 26.0 Å². The number of rotatable bonds is 2. The molecular weight excluding hydrogens is 188 g/mol. The molecule has 0 radical (unpaired) electrons. The minimum absolute atomic E-state index is 0.523. The minimum atomic E-state index is 0.523. The fraction of sp³-hybridized carbons (Fsp3) is 0.500. The molecule has 1 aliphatic rings. The van der Waals surface area contributed by atoms with Crippen molar-refractivity contribution in [1.29, 1.82) is 0 Å². The van der Waals surface area contributed by atoms with Crippen molar-refractivity contribution in [3.05, 3.63) is 18.2 Å². The molecule has 1 unspecified atom stereocenters.